The Hall–Kier alpha value is -3.43. The SMILES string of the molecule is CCOC(=O)c1ccc(NC(=O)CSc2nc3c(c(=O)[nH]2)CN([C@H](C)c2ccccc2)CC3)cc1. The zero-order valence-electron chi connectivity index (χ0n) is 19.7. The molecular weight excluding hydrogens is 464 g/mol. The highest BCUT2D eigenvalue weighted by Gasteiger charge is 2.25. The van der Waals surface area contributed by atoms with E-state index in [1.165, 1.54) is 17.3 Å². The maximum absolute atomic E-state index is 12.8. The standard InChI is InChI=1S/C26H28N4O4S/c1-3-34-25(33)19-9-11-20(12-10-19)27-23(31)16-35-26-28-22-13-14-30(15-21(22)24(32)29-26)17(2)18-7-5-4-6-8-18/h4-12,17H,3,13-16H2,1-2H3,(H,27,31)(H,28,29,32)/t17-/m1/s1. The average molecular weight is 493 g/mol. The highest BCUT2D eigenvalue weighted by Crippen LogP contribution is 2.26. The summed E-state index contributed by atoms with van der Waals surface area (Å²) in [5.41, 5.74) is 3.54. The number of hydrogen-bond acceptors (Lipinski definition) is 7. The summed E-state index contributed by atoms with van der Waals surface area (Å²) >= 11 is 1.19. The largest absolute Gasteiger partial charge is 0.462 e. The zero-order chi connectivity index (χ0) is 24.8. The summed E-state index contributed by atoms with van der Waals surface area (Å²) < 4.78 is 4.96. The molecule has 35 heavy (non-hydrogen) atoms. The van der Waals surface area contributed by atoms with Gasteiger partial charge in [0.1, 0.15) is 0 Å². The molecule has 0 fully saturated rings. The fourth-order valence-corrected chi connectivity index (χ4v) is 4.68. The van der Waals surface area contributed by atoms with E-state index in [-0.39, 0.29) is 23.3 Å². The fourth-order valence-electron chi connectivity index (χ4n) is 4.00. The molecule has 3 aromatic rings. The number of anilines is 1. The number of nitrogens with one attached hydrogen (secondary N) is 2. The second kappa shape index (κ2) is 11.3. The molecule has 9 heteroatoms. The molecule has 1 aliphatic rings. The van der Waals surface area contributed by atoms with Gasteiger partial charge < -0.3 is 15.0 Å². The van der Waals surface area contributed by atoms with Gasteiger partial charge in [-0.1, -0.05) is 42.1 Å². The van der Waals surface area contributed by atoms with Crippen LogP contribution in [0.5, 0.6) is 0 Å². The lowest BCUT2D eigenvalue weighted by atomic mass is 10.0. The van der Waals surface area contributed by atoms with Crippen LogP contribution >= 0.6 is 11.8 Å². The molecule has 1 amide bonds. The van der Waals surface area contributed by atoms with Gasteiger partial charge in [-0.2, -0.15) is 0 Å². The number of fused-ring (bicyclic) bond motifs is 1. The highest BCUT2D eigenvalue weighted by molar-refractivity contribution is 7.99. The molecule has 1 aromatic heterocycles. The number of ether oxygens (including phenoxy) is 1. The Morgan fingerprint density at radius 1 is 1.17 bits per heavy atom. The molecule has 1 aliphatic heterocycles. The van der Waals surface area contributed by atoms with E-state index < -0.39 is 5.97 Å². The van der Waals surface area contributed by atoms with Gasteiger partial charge in [0.2, 0.25) is 5.91 Å². The maximum atomic E-state index is 12.8. The van der Waals surface area contributed by atoms with Crippen LogP contribution in [-0.4, -0.2) is 45.6 Å². The van der Waals surface area contributed by atoms with Crippen LogP contribution in [0.2, 0.25) is 0 Å². The van der Waals surface area contributed by atoms with E-state index >= 15 is 0 Å². The minimum absolute atomic E-state index is 0.0958. The molecule has 0 bridgehead atoms. The van der Waals surface area contributed by atoms with Gasteiger partial charge in [0.25, 0.3) is 5.56 Å². The molecule has 0 unspecified atom stereocenters. The average Bonchev–Trinajstić information content (AvgIpc) is 2.88. The molecule has 1 atom stereocenters. The van der Waals surface area contributed by atoms with Gasteiger partial charge in [-0.3, -0.25) is 14.5 Å². The van der Waals surface area contributed by atoms with Gasteiger partial charge in [-0.05, 0) is 43.7 Å². The quantitative estimate of drug-likeness (QED) is 0.280. The van der Waals surface area contributed by atoms with Crippen molar-refractivity contribution >= 4 is 29.3 Å². The van der Waals surface area contributed by atoms with Crippen molar-refractivity contribution in [2.75, 3.05) is 24.2 Å². The van der Waals surface area contributed by atoms with E-state index in [4.69, 9.17) is 4.74 Å². The summed E-state index contributed by atoms with van der Waals surface area (Å²) in [5.74, 6) is -0.540. The first-order valence-corrected chi connectivity index (χ1v) is 12.5. The van der Waals surface area contributed by atoms with Crippen LogP contribution in [0.1, 0.15) is 47.1 Å². The van der Waals surface area contributed by atoms with Crippen LogP contribution < -0.4 is 10.9 Å². The first-order valence-electron chi connectivity index (χ1n) is 11.6. The van der Waals surface area contributed by atoms with Gasteiger partial charge in [0.05, 0.1) is 29.2 Å². The van der Waals surface area contributed by atoms with Crippen molar-refractivity contribution in [2.24, 2.45) is 0 Å². The summed E-state index contributed by atoms with van der Waals surface area (Å²) in [6.45, 7) is 5.55. The third-order valence-corrected chi connectivity index (χ3v) is 6.80. The van der Waals surface area contributed by atoms with Crippen molar-refractivity contribution in [1.82, 2.24) is 14.9 Å². The fraction of sp³-hybridized carbons (Fsp3) is 0.308. The van der Waals surface area contributed by atoms with Gasteiger partial charge in [-0.25, -0.2) is 9.78 Å². The zero-order valence-corrected chi connectivity index (χ0v) is 20.6. The van der Waals surface area contributed by atoms with Gasteiger partial charge in [-0.15, -0.1) is 0 Å². The van der Waals surface area contributed by atoms with Crippen molar-refractivity contribution in [1.29, 1.82) is 0 Å². The van der Waals surface area contributed by atoms with Crippen LogP contribution in [0.15, 0.2) is 64.5 Å². The molecule has 0 spiro atoms. The number of H-pyrrole nitrogens is 1. The second-order valence-electron chi connectivity index (χ2n) is 8.24. The van der Waals surface area contributed by atoms with Crippen molar-refractivity contribution in [3.8, 4) is 0 Å². The highest BCUT2D eigenvalue weighted by atomic mass is 32.2. The minimum Gasteiger partial charge on any atom is -0.462 e. The number of carbonyl (C=O) groups is 2. The van der Waals surface area contributed by atoms with Crippen molar-refractivity contribution < 1.29 is 14.3 Å². The number of carbonyl (C=O) groups excluding carboxylic acids is 2. The lowest BCUT2D eigenvalue weighted by molar-refractivity contribution is -0.113. The third-order valence-electron chi connectivity index (χ3n) is 5.93. The summed E-state index contributed by atoms with van der Waals surface area (Å²) in [6.07, 6.45) is 0.684. The number of aromatic amines is 1. The Bertz CT molecular complexity index is 1240. The molecule has 8 nitrogen and oxygen atoms in total. The molecule has 182 valence electrons. The maximum Gasteiger partial charge on any atom is 0.338 e. The Labute approximate surface area is 208 Å². The minimum atomic E-state index is -0.402. The first kappa shape index (κ1) is 24.7. The molecule has 4 rings (SSSR count). The molecule has 2 N–H and O–H groups in total. The molecule has 0 radical (unpaired) electrons. The molecule has 2 aromatic carbocycles. The predicted octanol–water partition coefficient (Wildman–Crippen LogP) is 3.80. The lowest BCUT2D eigenvalue weighted by Crippen LogP contribution is -2.37. The Morgan fingerprint density at radius 3 is 2.63 bits per heavy atom. The van der Waals surface area contributed by atoms with E-state index in [1.54, 1.807) is 31.2 Å². The van der Waals surface area contributed by atoms with Crippen LogP contribution in [-0.2, 0) is 22.5 Å². The van der Waals surface area contributed by atoms with Gasteiger partial charge >= 0.3 is 5.97 Å². The number of benzene rings is 2. The number of hydrogen-bond donors (Lipinski definition) is 2. The summed E-state index contributed by atoms with van der Waals surface area (Å²) in [5, 5.41) is 3.22. The Kier molecular flexibility index (Phi) is 7.99. The van der Waals surface area contributed by atoms with Crippen molar-refractivity contribution in [3.05, 3.63) is 87.3 Å². The van der Waals surface area contributed by atoms with E-state index in [1.807, 2.05) is 18.2 Å². The van der Waals surface area contributed by atoms with E-state index in [2.05, 4.69) is 39.2 Å². The second-order valence-corrected chi connectivity index (χ2v) is 9.20. The first-order chi connectivity index (χ1) is 16.9. The van der Waals surface area contributed by atoms with Crippen molar-refractivity contribution in [2.45, 2.75) is 38.0 Å². The van der Waals surface area contributed by atoms with Crippen LogP contribution in [0.25, 0.3) is 0 Å². The van der Waals surface area contributed by atoms with E-state index in [0.717, 1.165) is 12.2 Å². The van der Waals surface area contributed by atoms with Crippen LogP contribution in [0.4, 0.5) is 5.69 Å². The number of amides is 1. The number of rotatable bonds is 8. The Morgan fingerprint density at radius 2 is 1.91 bits per heavy atom. The monoisotopic (exact) mass is 492 g/mol. The molecule has 2 heterocycles. The number of esters is 1. The lowest BCUT2D eigenvalue weighted by Gasteiger charge is -2.33. The van der Waals surface area contributed by atoms with Gasteiger partial charge in [0.15, 0.2) is 5.16 Å². The smallest absolute Gasteiger partial charge is 0.338 e. The number of nitrogens with zero attached hydrogens (tertiary/aromatic N) is 2. The molecular formula is C26H28N4O4S. The summed E-state index contributed by atoms with van der Waals surface area (Å²) in [7, 11) is 0. The van der Waals surface area contributed by atoms with Crippen molar-refractivity contribution in [3.63, 3.8) is 0 Å². The molecule has 0 aliphatic carbocycles. The molecule has 0 saturated heterocycles. The molecule has 0 saturated carbocycles. The Balaban J connectivity index is 1.34. The topological polar surface area (TPSA) is 104 Å². The van der Waals surface area contributed by atoms with E-state index in [0.29, 0.717) is 41.5 Å². The normalized spacial score (nSPS) is 14.1. The van der Waals surface area contributed by atoms with E-state index in [9.17, 15) is 14.4 Å². The summed E-state index contributed by atoms with van der Waals surface area (Å²) in [4.78, 5) is 46.6. The van der Waals surface area contributed by atoms with Gasteiger partial charge in [0, 0.05) is 31.2 Å². The summed E-state index contributed by atoms with van der Waals surface area (Å²) in [6, 6.07) is 16.9. The number of aromatic nitrogens is 2. The van der Waals surface area contributed by atoms with Crippen LogP contribution in [0.3, 0.4) is 0 Å². The predicted molar refractivity (Wildman–Crippen MR) is 136 cm³/mol. The third kappa shape index (κ3) is 6.17. The number of thioether (sulfide) groups is 1. The van der Waals surface area contributed by atoms with Crippen LogP contribution in [0, 0.1) is 0 Å².